The zero-order valence-corrected chi connectivity index (χ0v) is 12.7. The van der Waals surface area contributed by atoms with E-state index in [1.54, 1.807) is 6.08 Å². The normalized spacial score (nSPS) is 13.3. The molecule has 1 aromatic rings. The first-order valence-corrected chi connectivity index (χ1v) is 6.91. The molecule has 0 bridgehead atoms. The molecule has 1 nitrogen and oxygen atoms in total. The molecule has 0 aliphatic carbocycles. The largest absolute Gasteiger partial charge is 0.416 e. The molecule has 1 N–H and O–H groups in total. The van der Waals surface area contributed by atoms with Gasteiger partial charge in [-0.15, -0.1) is 0 Å². The summed E-state index contributed by atoms with van der Waals surface area (Å²) in [5.74, 6) is -0.718. The predicted octanol–water partition coefficient (Wildman–Crippen LogP) is 4.88. The third-order valence-corrected chi connectivity index (χ3v) is 3.06. The van der Waals surface area contributed by atoms with Crippen molar-refractivity contribution in [3.8, 4) is 0 Å². The van der Waals surface area contributed by atoms with E-state index in [1.165, 1.54) is 0 Å². The highest BCUT2D eigenvalue weighted by Crippen LogP contribution is 2.31. The van der Waals surface area contributed by atoms with E-state index in [4.69, 9.17) is 0 Å². The van der Waals surface area contributed by atoms with Crippen LogP contribution in [0.4, 0.5) is 17.6 Å². The van der Waals surface area contributed by atoms with Crippen molar-refractivity contribution >= 4 is 6.08 Å². The summed E-state index contributed by atoms with van der Waals surface area (Å²) < 4.78 is 51.5. The Morgan fingerprint density at radius 3 is 2.24 bits per heavy atom. The molecule has 0 aliphatic heterocycles. The summed E-state index contributed by atoms with van der Waals surface area (Å²) in [5.41, 5.74) is 0.202. The van der Waals surface area contributed by atoms with Crippen LogP contribution in [0.2, 0.25) is 0 Å². The number of hydrogen-bond donors (Lipinski definition) is 1. The average molecular weight is 303 g/mol. The van der Waals surface area contributed by atoms with Gasteiger partial charge in [-0.25, -0.2) is 4.39 Å². The van der Waals surface area contributed by atoms with Crippen LogP contribution in [0.1, 0.15) is 38.8 Å². The lowest BCUT2D eigenvalue weighted by Crippen LogP contribution is -2.26. The Labute approximate surface area is 123 Å². The number of nitrogens with one attached hydrogen (secondary N) is 1. The van der Waals surface area contributed by atoms with Gasteiger partial charge in [0.2, 0.25) is 0 Å². The second-order valence-corrected chi connectivity index (χ2v) is 5.68. The van der Waals surface area contributed by atoms with E-state index in [1.807, 2.05) is 27.7 Å². The fourth-order valence-corrected chi connectivity index (χ4v) is 1.82. The van der Waals surface area contributed by atoms with Crippen molar-refractivity contribution in [1.82, 2.24) is 5.32 Å². The lowest BCUT2D eigenvalue weighted by Gasteiger charge is -2.15. The van der Waals surface area contributed by atoms with Crippen molar-refractivity contribution < 1.29 is 17.6 Å². The topological polar surface area (TPSA) is 12.0 Å². The SMILES string of the molecule is CC(C)NC/C(=C/c1cc(F)cc(C(F)(F)F)c1)C(C)C. The molecule has 1 rings (SSSR count). The molecule has 0 unspecified atom stereocenters. The number of halogens is 4. The van der Waals surface area contributed by atoms with Gasteiger partial charge in [0.1, 0.15) is 5.82 Å². The number of hydrogen-bond acceptors (Lipinski definition) is 1. The third kappa shape index (κ3) is 5.87. The van der Waals surface area contributed by atoms with Crippen LogP contribution in [0.3, 0.4) is 0 Å². The van der Waals surface area contributed by atoms with Crippen LogP contribution in [0.5, 0.6) is 0 Å². The van der Waals surface area contributed by atoms with Gasteiger partial charge in [0.15, 0.2) is 0 Å². The second-order valence-electron chi connectivity index (χ2n) is 5.68. The zero-order valence-electron chi connectivity index (χ0n) is 12.7. The van der Waals surface area contributed by atoms with Gasteiger partial charge in [-0.2, -0.15) is 13.2 Å². The maximum atomic E-state index is 13.4. The maximum Gasteiger partial charge on any atom is 0.416 e. The third-order valence-electron chi connectivity index (χ3n) is 3.06. The Kier molecular flexibility index (Phi) is 5.96. The van der Waals surface area contributed by atoms with Crippen molar-refractivity contribution in [2.24, 2.45) is 5.92 Å². The first-order valence-electron chi connectivity index (χ1n) is 6.91. The van der Waals surface area contributed by atoms with E-state index in [0.29, 0.717) is 12.6 Å². The van der Waals surface area contributed by atoms with Crippen LogP contribution in [0.15, 0.2) is 23.8 Å². The minimum absolute atomic E-state index is 0.161. The van der Waals surface area contributed by atoms with E-state index < -0.39 is 17.6 Å². The molecule has 5 heteroatoms. The molecule has 118 valence electrons. The van der Waals surface area contributed by atoms with Crippen LogP contribution >= 0.6 is 0 Å². The first-order chi connectivity index (χ1) is 9.59. The smallest absolute Gasteiger partial charge is 0.311 e. The van der Waals surface area contributed by atoms with Crippen molar-refractivity contribution in [2.45, 2.75) is 39.9 Å². The van der Waals surface area contributed by atoms with Crippen LogP contribution in [0, 0.1) is 11.7 Å². The van der Waals surface area contributed by atoms with Crippen LogP contribution in [-0.4, -0.2) is 12.6 Å². The molecule has 0 saturated carbocycles. The van der Waals surface area contributed by atoms with Crippen molar-refractivity contribution in [1.29, 1.82) is 0 Å². The molecule has 0 aliphatic rings. The van der Waals surface area contributed by atoms with Gasteiger partial charge in [0.05, 0.1) is 5.56 Å². The Morgan fingerprint density at radius 1 is 1.14 bits per heavy atom. The van der Waals surface area contributed by atoms with Crippen LogP contribution < -0.4 is 5.32 Å². The molecule has 21 heavy (non-hydrogen) atoms. The maximum absolute atomic E-state index is 13.4. The number of alkyl halides is 3. The minimum atomic E-state index is -4.54. The Balaban J connectivity index is 3.12. The molecule has 0 fully saturated rings. The zero-order chi connectivity index (χ0) is 16.2. The molecule has 0 saturated heterocycles. The Morgan fingerprint density at radius 2 is 1.76 bits per heavy atom. The van der Waals surface area contributed by atoms with Crippen molar-refractivity contribution in [2.75, 3.05) is 6.54 Å². The van der Waals surface area contributed by atoms with Gasteiger partial charge >= 0.3 is 6.18 Å². The molecule has 0 aromatic heterocycles. The standard InChI is InChI=1S/C16H21F4N/c1-10(2)13(9-21-11(3)4)5-12-6-14(16(18,19)20)8-15(17)7-12/h5-8,10-11,21H,9H2,1-4H3/b13-5-. The van der Waals surface area contributed by atoms with E-state index in [0.717, 1.165) is 17.7 Å². The average Bonchev–Trinajstić information content (AvgIpc) is 2.32. The van der Waals surface area contributed by atoms with Crippen molar-refractivity contribution in [3.05, 3.63) is 40.7 Å². The Bertz CT molecular complexity index is 501. The van der Waals surface area contributed by atoms with E-state index >= 15 is 0 Å². The molecular weight excluding hydrogens is 282 g/mol. The lowest BCUT2D eigenvalue weighted by molar-refractivity contribution is -0.137. The monoisotopic (exact) mass is 303 g/mol. The highest BCUT2D eigenvalue weighted by Gasteiger charge is 2.31. The summed E-state index contributed by atoms with van der Waals surface area (Å²) in [6.45, 7) is 8.45. The van der Waals surface area contributed by atoms with E-state index in [9.17, 15) is 17.6 Å². The van der Waals surface area contributed by atoms with Crippen LogP contribution in [-0.2, 0) is 6.18 Å². The summed E-state index contributed by atoms with van der Waals surface area (Å²) >= 11 is 0. The minimum Gasteiger partial charge on any atom is -0.311 e. The van der Waals surface area contributed by atoms with Gasteiger partial charge in [-0.1, -0.05) is 39.3 Å². The highest BCUT2D eigenvalue weighted by molar-refractivity contribution is 5.55. The fourth-order valence-electron chi connectivity index (χ4n) is 1.82. The summed E-state index contributed by atoms with van der Waals surface area (Å²) in [6, 6.07) is 2.87. The molecular formula is C16H21F4N. The summed E-state index contributed by atoms with van der Waals surface area (Å²) in [6.07, 6.45) is -2.92. The number of rotatable bonds is 5. The quantitative estimate of drug-likeness (QED) is 0.764. The molecule has 0 atom stereocenters. The van der Waals surface area contributed by atoms with E-state index in [-0.39, 0.29) is 17.5 Å². The lowest BCUT2D eigenvalue weighted by atomic mass is 9.99. The second kappa shape index (κ2) is 7.07. The van der Waals surface area contributed by atoms with Gasteiger partial charge in [-0.3, -0.25) is 0 Å². The summed E-state index contributed by atoms with van der Waals surface area (Å²) in [5, 5.41) is 3.22. The van der Waals surface area contributed by atoms with Gasteiger partial charge in [0.25, 0.3) is 0 Å². The van der Waals surface area contributed by atoms with Crippen LogP contribution in [0.25, 0.3) is 6.08 Å². The van der Waals surface area contributed by atoms with E-state index in [2.05, 4.69) is 5.32 Å². The molecule has 0 radical (unpaired) electrons. The molecule has 0 heterocycles. The van der Waals surface area contributed by atoms with Gasteiger partial charge in [-0.05, 0) is 29.7 Å². The molecule has 0 amide bonds. The number of benzene rings is 1. The van der Waals surface area contributed by atoms with Gasteiger partial charge < -0.3 is 5.32 Å². The molecule has 0 spiro atoms. The summed E-state index contributed by atoms with van der Waals surface area (Å²) in [7, 11) is 0. The highest BCUT2D eigenvalue weighted by atomic mass is 19.4. The first kappa shape index (κ1) is 17.7. The fraction of sp³-hybridized carbons (Fsp3) is 0.500. The van der Waals surface area contributed by atoms with Gasteiger partial charge in [0, 0.05) is 12.6 Å². The van der Waals surface area contributed by atoms with Crippen molar-refractivity contribution in [3.63, 3.8) is 0 Å². The predicted molar refractivity (Wildman–Crippen MR) is 77.4 cm³/mol. The Hall–Kier alpha value is -1.36. The summed E-state index contributed by atoms with van der Waals surface area (Å²) in [4.78, 5) is 0. The molecule has 1 aromatic carbocycles.